The van der Waals surface area contributed by atoms with Crippen LogP contribution in [-0.2, 0) is 6.42 Å². The van der Waals surface area contributed by atoms with Crippen LogP contribution >= 0.6 is 0 Å². The molecule has 0 saturated heterocycles. The van der Waals surface area contributed by atoms with Crippen LogP contribution in [0.4, 0.5) is 16.2 Å². The minimum Gasteiger partial charge on any atom is -0.370 e. The summed E-state index contributed by atoms with van der Waals surface area (Å²) in [6.07, 6.45) is 1.59. The van der Waals surface area contributed by atoms with Crippen molar-refractivity contribution in [3.8, 4) is 11.3 Å². The van der Waals surface area contributed by atoms with Gasteiger partial charge in [-0.2, -0.15) is 4.98 Å². The van der Waals surface area contributed by atoms with Crippen LogP contribution in [0.15, 0.2) is 60.7 Å². The van der Waals surface area contributed by atoms with E-state index in [4.69, 9.17) is 0 Å². The Labute approximate surface area is 172 Å². The zero-order chi connectivity index (χ0) is 20.5. The largest absolute Gasteiger partial charge is 0.370 e. The Balaban J connectivity index is 1.70. The molecule has 5 nitrogen and oxygen atoms in total. The maximum atomic E-state index is 13.8. The second-order valence-corrected chi connectivity index (χ2v) is 7.18. The molecule has 0 bridgehead atoms. The maximum absolute atomic E-state index is 13.8. The van der Waals surface area contributed by atoms with Crippen LogP contribution in [0.5, 0.6) is 0 Å². The van der Waals surface area contributed by atoms with Crippen molar-refractivity contribution in [2.24, 2.45) is 0 Å². The van der Waals surface area contributed by atoms with E-state index in [-0.39, 0.29) is 5.82 Å². The van der Waals surface area contributed by atoms with E-state index < -0.39 is 0 Å². The van der Waals surface area contributed by atoms with Gasteiger partial charge in [0.15, 0.2) is 0 Å². The molecule has 1 heterocycles. The summed E-state index contributed by atoms with van der Waals surface area (Å²) in [4.78, 5) is 11.4. The van der Waals surface area contributed by atoms with E-state index in [1.165, 1.54) is 6.07 Å². The van der Waals surface area contributed by atoms with Gasteiger partial charge in [-0.3, -0.25) is 0 Å². The normalized spacial score (nSPS) is 10.9. The number of nitrogens with zero attached hydrogens (tertiary/aromatic N) is 3. The smallest absolute Gasteiger partial charge is 0.225 e. The summed E-state index contributed by atoms with van der Waals surface area (Å²) in [7, 11) is 4.13. The second-order valence-electron chi connectivity index (χ2n) is 7.18. The molecular weight excluding hydrogens is 365 g/mol. The summed E-state index contributed by atoms with van der Waals surface area (Å²) in [6.45, 7) is 2.40. The van der Waals surface area contributed by atoms with Gasteiger partial charge in [0.1, 0.15) is 11.6 Å². The third-order valence-corrected chi connectivity index (χ3v) is 4.52. The monoisotopic (exact) mass is 393 g/mol. The first-order valence-corrected chi connectivity index (χ1v) is 9.92. The predicted octanol–water partition coefficient (Wildman–Crippen LogP) is 4.30. The van der Waals surface area contributed by atoms with E-state index in [9.17, 15) is 4.39 Å². The minimum atomic E-state index is -0.184. The lowest BCUT2D eigenvalue weighted by atomic mass is 10.1. The van der Waals surface area contributed by atoms with E-state index in [0.717, 1.165) is 36.6 Å². The zero-order valence-electron chi connectivity index (χ0n) is 17.0. The number of aromatic nitrogens is 2. The number of anilines is 2. The molecule has 0 spiro atoms. The fourth-order valence-electron chi connectivity index (χ4n) is 3.00. The highest BCUT2D eigenvalue weighted by Gasteiger charge is 2.07. The molecule has 3 rings (SSSR count). The molecule has 0 radical (unpaired) electrons. The molecule has 0 aliphatic heterocycles. The summed E-state index contributed by atoms with van der Waals surface area (Å²) in [6, 6.07) is 18.8. The molecule has 2 aromatic carbocycles. The van der Waals surface area contributed by atoms with Crippen molar-refractivity contribution in [2.75, 3.05) is 44.4 Å². The number of halogens is 1. The molecule has 6 heteroatoms. The quantitative estimate of drug-likeness (QED) is 0.503. The summed E-state index contributed by atoms with van der Waals surface area (Å²) in [5, 5.41) is 6.63. The van der Waals surface area contributed by atoms with Crippen LogP contribution in [0, 0.1) is 5.82 Å². The molecule has 0 fully saturated rings. The highest BCUT2D eigenvalue weighted by molar-refractivity contribution is 5.64. The van der Waals surface area contributed by atoms with Crippen molar-refractivity contribution < 1.29 is 4.39 Å². The van der Waals surface area contributed by atoms with E-state index in [1.54, 1.807) is 12.1 Å². The minimum absolute atomic E-state index is 0.184. The fraction of sp³-hybridized carbons (Fsp3) is 0.304. The molecular formula is C23H28FN5. The Kier molecular flexibility index (Phi) is 7.53. The van der Waals surface area contributed by atoms with Gasteiger partial charge in [0, 0.05) is 24.7 Å². The summed E-state index contributed by atoms with van der Waals surface area (Å²) in [5.41, 5.74) is 2.56. The Morgan fingerprint density at radius 3 is 2.41 bits per heavy atom. The SMILES string of the molecule is CN(C)CCCNc1cc(-c2ccccc2)nc(NCCc2ccccc2F)n1. The number of hydrogen-bond acceptors (Lipinski definition) is 5. The van der Waals surface area contributed by atoms with Crippen molar-refractivity contribution in [3.05, 3.63) is 72.0 Å². The van der Waals surface area contributed by atoms with Crippen molar-refractivity contribution in [2.45, 2.75) is 12.8 Å². The highest BCUT2D eigenvalue weighted by Crippen LogP contribution is 2.21. The first kappa shape index (κ1) is 20.7. The highest BCUT2D eigenvalue weighted by atomic mass is 19.1. The van der Waals surface area contributed by atoms with E-state index in [0.29, 0.717) is 24.5 Å². The lowest BCUT2D eigenvalue weighted by Crippen LogP contribution is -2.17. The lowest BCUT2D eigenvalue weighted by molar-refractivity contribution is 0.405. The lowest BCUT2D eigenvalue weighted by Gasteiger charge is -2.13. The number of nitrogens with one attached hydrogen (secondary N) is 2. The van der Waals surface area contributed by atoms with Crippen molar-refractivity contribution in [3.63, 3.8) is 0 Å². The van der Waals surface area contributed by atoms with E-state index in [1.807, 2.05) is 42.5 Å². The van der Waals surface area contributed by atoms with Gasteiger partial charge in [-0.25, -0.2) is 9.37 Å². The third-order valence-electron chi connectivity index (χ3n) is 4.52. The van der Waals surface area contributed by atoms with Gasteiger partial charge in [0.05, 0.1) is 5.69 Å². The second kappa shape index (κ2) is 10.5. The third kappa shape index (κ3) is 6.54. The van der Waals surface area contributed by atoms with Gasteiger partial charge in [0.25, 0.3) is 0 Å². The molecule has 0 aliphatic carbocycles. The Bertz CT molecular complexity index is 899. The van der Waals surface area contributed by atoms with Gasteiger partial charge in [-0.05, 0) is 45.1 Å². The van der Waals surface area contributed by atoms with E-state index >= 15 is 0 Å². The van der Waals surface area contributed by atoms with Gasteiger partial charge in [-0.1, -0.05) is 48.5 Å². The Morgan fingerprint density at radius 1 is 0.897 bits per heavy atom. The molecule has 0 amide bonds. The number of hydrogen-bond donors (Lipinski definition) is 2. The van der Waals surface area contributed by atoms with Crippen molar-refractivity contribution >= 4 is 11.8 Å². The summed E-state index contributed by atoms with van der Waals surface area (Å²) < 4.78 is 13.8. The molecule has 3 aromatic rings. The van der Waals surface area contributed by atoms with Gasteiger partial charge >= 0.3 is 0 Å². The van der Waals surface area contributed by atoms with Crippen LogP contribution in [0.2, 0.25) is 0 Å². The summed E-state index contributed by atoms with van der Waals surface area (Å²) >= 11 is 0. The van der Waals surface area contributed by atoms with Gasteiger partial charge < -0.3 is 15.5 Å². The van der Waals surface area contributed by atoms with Crippen LogP contribution in [-0.4, -0.2) is 48.6 Å². The van der Waals surface area contributed by atoms with Crippen LogP contribution in [0.25, 0.3) is 11.3 Å². The van der Waals surface area contributed by atoms with Crippen molar-refractivity contribution in [1.29, 1.82) is 0 Å². The molecule has 1 aromatic heterocycles. The van der Waals surface area contributed by atoms with Crippen LogP contribution in [0.1, 0.15) is 12.0 Å². The fourth-order valence-corrected chi connectivity index (χ4v) is 3.00. The molecule has 0 atom stereocenters. The molecule has 29 heavy (non-hydrogen) atoms. The maximum Gasteiger partial charge on any atom is 0.225 e. The summed E-state index contributed by atoms with van der Waals surface area (Å²) in [5.74, 6) is 1.14. The topological polar surface area (TPSA) is 53.1 Å². The molecule has 0 saturated carbocycles. The van der Waals surface area contributed by atoms with E-state index in [2.05, 4.69) is 39.6 Å². The number of rotatable bonds is 10. The predicted molar refractivity (Wildman–Crippen MR) is 118 cm³/mol. The molecule has 0 unspecified atom stereocenters. The standard InChI is InChI=1S/C23H28FN5/c1-29(2)16-8-14-25-22-17-21(19-10-4-3-5-11-19)27-23(28-22)26-15-13-18-9-6-7-12-20(18)24/h3-7,9-12,17H,8,13-16H2,1-2H3,(H2,25,26,27,28). The molecule has 0 aliphatic rings. The Morgan fingerprint density at radius 2 is 1.66 bits per heavy atom. The average Bonchev–Trinajstić information content (AvgIpc) is 2.73. The zero-order valence-corrected chi connectivity index (χ0v) is 17.0. The first-order valence-electron chi connectivity index (χ1n) is 9.92. The first-order chi connectivity index (χ1) is 14.1. The van der Waals surface area contributed by atoms with Crippen molar-refractivity contribution in [1.82, 2.24) is 14.9 Å². The average molecular weight is 394 g/mol. The molecule has 152 valence electrons. The van der Waals surface area contributed by atoms with Gasteiger partial charge in [-0.15, -0.1) is 0 Å². The van der Waals surface area contributed by atoms with Crippen LogP contribution < -0.4 is 10.6 Å². The Hall–Kier alpha value is -2.99. The molecule has 2 N–H and O–H groups in total. The van der Waals surface area contributed by atoms with Gasteiger partial charge in [0.2, 0.25) is 5.95 Å². The van der Waals surface area contributed by atoms with Crippen LogP contribution in [0.3, 0.4) is 0 Å². The number of benzene rings is 2.